The smallest absolute Gasteiger partial charge is 0.418 e. The molecule has 0 aliphatic rings. The van der Waals surface area contributed by atoms with Gasteiger partial charge in [-0.25, -0.2) is 0 Å². The quantitative estimate of drug-likeness (QED) is 0.893. The van der Waals surface area contributed by atoms with Crippen LogP contribution >= 0.6 is 0 Å². The van der Waals surface area contributed by atoms with Crippen molar-refractivity contribution < 1.29 is 23.1 Å². The predicted molar refractivity (Wildman–Crippen MR) is 72.5 cm³/mol. The molecule has 0 aliphatic heterocycles. The van der Waals surface area contributed by atoms with Crippen molar-refractivity contribution in [2.75, 3.05) is 5.32 Å². The molecule has 0 heterocycles. The van der Waals surface area contributed by atoms with Gasteiger partial charge in [0, 0.05) is 5.69 Å². The number of benzene rings is 2. The molecule has 0 unspecified atom stereocenters. The van der Waals surface area contributed by atoms with Crippen molar-refractivity contribution in [3.8, 4) is 0 Å². The van der Waals surface area contributed by atoms with E-state index in [4.69, 9.17) is 5.11 Å². The Morgan fingerprint density at radius 3 is 2.48 bits per heavy atom. The molecule has 110 valence electrons. The first-order valence-corrected chi connectivity index (χ1v) is 6.10. The molecule has 0 amide bonds. The highest BCUT2D eigenvalue weighted by Crippen LogP contribution is 2.35. The SMILES string of the molecule is O=C(O)Cc1cccc(Nc2ccccc2C(F)(F)F)c1. The van der Waals surface area contributed by atoms with Crippen LogP contribution in [0.15, 0.2) is 48.5 Å². The van der Waals surface area contributed by atoms with Crippen LogP contribution in [0.2, 0.25) is 0 Å². The lowest BCUT2D eigenvalue weighted by molar-refractivity contribution is -0.137. The average Bonchev–Trinajstić information content (AvgIpc) is 2.37. The van der Waals surface area contributed by atoms with Crippen molar-refractivity contribution >= 4 is 17.3 Å². The number of aliphatic carboxylic acids is 1. The van der Waals surface area contributed by atoms with E-state index in [1.807, 2.05) is 0 Å². The summed E-state index contributed by atoms with van der Waals surface area (Å²) in [6, 6.07) is 11.4. The van der Waals surface area contributed by atoms with Crippen molar-refractivity contribution in [2.24, 2.45) is 0 Å². The molecular weight excluding hydrogens is 283 g/mol. The number of carboxylic acids is 1. The zero-order valence-electron chi connectivity index (χ0n) is 10.8. The first-order valence-electron chi connectivity index (χ1n) is 6.10. The first-order chi connectivity index (χ1) is 9.86. The topological polar surface area (TPSA) is 49.3 Å². The van der Waals surface area contributed by atoms with Crippen molar-refractivity contribution in [2.45, 2.75) is 12.6 Å². The third-order valence-electron chi connectivity index (χ3n) is 2.79. The number of anilines is 2. The standard InChI is InChI=1S/C15H12F3NO2/c16-15(17,18)12-6-1-2-7-13(12)19-11-5-3-4-10(8-11)9-14(20)21/h1-8,19H,9H2,(H,20,21). The summed E-state index contributed by atoms with van der Waals surface area (Å²) in [6.07, 6.45) is -4.64. The lowest BCUT2D eigenvalue weighted by Gasteiger charge is -2.14. The normalized spacial score (nSPS) is 11.2. The number of hydrogen-bond donors (Lipinski definition) is 2. The molecule has 2 N–H and O–H groups in total. The van der Waals surface area contributed by atoms with Gasteiger partial charge < -0.3 is 10.4 Å². The molecule has 0 saturated carbocycles. The van der Waals surface area contributed by atoms with E-state index in [0.717, 1.165) is 6.07 Å². The second-order valence-electron chi connectivity index (χ2n) is 4.44. The maximum Gasteiger partial charge on any atom is 0.418 e. The van der Waals surface area contributed by atoms with Crippen molar-refractivity contribution in [3.05, 3.63) is 59.7 Å². The zero-order chi connectivity index (χ0) is 15.5. The Hall–Kier alpha value is -2.50. The monoisotopic (exact) mass is 295 g/mol. The molecule has 3 nitrogen and oxygen atoms in total. The van der Waals surface area contributed by atoms with Crippen LogP contribution in [-0.2, 0) is 17.4 Å². The number of halogens is 3. The fraction of sp³-hybridized carbons (Fsp3) is 0.133. The van der Waals surface area contributed by atoms with Gasteiger partial charge >= 0.3 is 12.1 Å². The fourth-order valence-electron chi connectivity index (χ4n) is 1.93. The van der Waals surface area contributed by atoms with Gasteiger partial charge in [-0.1, -0.05) is 24.3 Å². The first kappa shape index (κ1) is 14.9. The Labute approximate surface area is 119 Å². The van der Waals surface area contributed by atoms with Gasteiger partial charge in [-0.15, -0.1) is 0 Å². The van der Waals surface area contributed by atoms with Crippen molar-refractivity contribution in [1.29, 1.82) is 0 Å². The highest BCUT2D eigenvalue weighted by atomic mass is 19.4. The largest absolute Gasteiger partial charge is 0.481 e. The molecule has 0 atom stereocenters. The molecule has 0 aromatic heterocycles. The molecule has 0 aliphatic carbocycles. The second kappa shape index (κ2) is 5.87. The van der Waals surface area contributed by atoms with E-state index in [1.165, 1.54) is 24.3 Å². The lowest BCUT2D eigenvalue weighted by atomic mass is 10.1. The predicted octanol–water partition coefficient (Wildman–Crippen LogP) is 4.08. The van der Waals surface area contributed by atoms with Gasteiger partial charge in [-0.2, -0.15) is 13.2 Å². The fourth-order valence-corrected chi connectivity index (χ4v) is 1.93. The summed E-state index contributed by atoms with van der Waals surface area (Å²) in [7, 11) is 0. The average molecular weight is 295 g/mol. The highest BCUT2D eigenvalue weighted by Gasteiger charge is 2.33. The maximum atomic E-state index is 12.9. The van der Waals surface area contributed by atoms with E-state index < -0.39 is 17.7 Å². The van der Waals surface area contributed by atoms with Gasteiger partial charge in [-0.05, 0) is 29.8 Å². The van der Waals surface area contributed by atoms with Crippen LogP contribution in [-0.4, -0.2) is 11.1 Å². The zero-order valence-corrected chi connectivity index (χ0v) is 10.8. The summed E-state index contributed by atoms with van der Waals surface area (Å²) >= 11 is 0. The summed E-state index contributed by atoms with van der Waals surface area (Å²) in [5, 5.41) is 11.4. The molecular formula is C15H12F3NO2. The third-order valence-corrected chi connectivity index (χ3v) is 2.79. The molecule has 0 radical (unpaired) electrons. The molecule has 0 saturated heterocycles. The Morgan fingerprint density at radius 2 is 1.81 bits per heavy atom. The lowest BCUT2D eigenvalue weighted by Crippen LogP contribution is -2.08. The molecule has 0 fully saturated rings. The summed E-state index contributed by atoms with van der Waals surface area (Å²) in [5.74, 6) is -0.997. The van der Waals surface area contributed by atoms with Crippen LogP contribution in [0.25, 0.3) is 0 Å². The second-order valence-corrected chi connectivity index (χ2v) is 4.44. The third kappa shape index (κ3) is 3.98. The molecule has 2 aromatic rings. The Morgan fingerprint density at radius 1 is 1.10 bits per heavy atom. The minimum Gasteiger partial charge on any atom is -0.481 e. The highest BCUT2D eigenvalue weighted by molar-refractivity contribution is 5.71. The van der Waals surface area contributed by atoms with Gasteiger partial charge in [0.05, 0.1) is 17.7 Å². The van der Waals surface area contributed by atoms with Gasteiger partial charge in [0.25, 0.3) is 0 Å². The van der Waals surface area contributed by atoms with Crippen molar-refractivity contribution in [3.63, 3.8) is 0 Å². The van der Waals surface area contributed by atoms with Crippen molar-refractivity contribution in [1.82, 2.24) is 0 Å². The number of nitrogens with one attached hydrogen (secondary N) is 1. The van der Waals surface area contributed by atoms with Crippen LogP contribution in [0.4, 0.5) is 24.5 Å². The number of carboxylic acid groups (broad SMARTS) is 1. The van der Waals surface area contributed by atoms with Crippen LogP contribution in [0.1, 0.15) is 11.1 Å². The van der Waals surface area contributed by atoms with Crippen LogP contribution in [0.3, 0.4) is 0 Å². The Balaban J connectivity index is 2.29. The van der Waals surface area contributed by atoms with Crippen LogP contribution in [0.5, 0.6) is 0 Å². The number of rotatable bonds is 4. The van der Waals surface area contributed by atoms with Gasteiger partial charge in [-0.3, -0.25) is 4.79 Å². The Bertz CT molecular complexity index is 653. The summed E-state index contributed by atoms with van der Waals surface area (Å²) in [6.45, 7) is 0. The van der Waals surface area contributed by atoms with E-state index in [-0.39, 0.29) is 12.1 Å². The molecule has 2 aromatic carbocycles. The van der Waals surface area contributed by atoms with E-state index in [1.54, 1.807) is 18.2 Å². The molecule has 6 heteroatoms. The molecule has 0 spiro atoms. The van der Waals surface area contributed by atoms with E-state index in [9.17, 15) is 18.0 Å². The summed E-state index contributed by atoms with van der Waals surface area (Å²) < 4.78 is 38.7. The Kier molecular flexibility index (Phi) is 4.16. The molecule has 2 rings (SSSR count). The van der Waals surface area contributed by atoms with E-state index in [0.29, 0.717) is 11.3 Å². The van der Waals surface area contributed by atoms with Crippen LogP contribution < -0.4 is 5.32 Å². The number of para-hydroxylation sites is 1. The van der Waals surface area contributed by atoms with Crippen LogP contribution in [0, 0.1) is 0 Å². The molecule has 21 heavy (non-hydrogen) atoms. The van der Waals surface area contributed by atoms with Gasteiger partial charge in [0.2, 0.25) is 0 Å². The molecule has 0 bridgehead atoms. The summed E-state index contributed by atoms with van der Waals surface area (Å²) in [5.41, 5.74) is 0.0774. The number of alkyl halides is 3. The minimum absolute atomic E-state index is 0.0718. The van der Waals surface area contributed by atoms with E-state index in [2.05, 4.69) is 5.32 Å². The van der Waals surface area contributed by atoms with E-state index >= 15 is 0 Å². The maximum absolute atomic E-state index is 12.9. The van der Waals surface area contributed by atoms with Gasteiger partial charge in [0.15, 0.2) is 0 Å². The number of carbonyl (C=O) groups is 1. The van der Waals surface area contributed by atoms with Gasteiger partial charge in [0.1, 0.15) is 0 Å². The minimum atomic E-state index is -4.46. The number of hydrogen-bond acceptors (Lipinski definition) is 2. The summed E-state index contributed by atoms with van der Waals surface area (Å²) in [4.78, 5) is 10.7.